The number of carbonyl (C=O) groups excluding carboxylic acids is 1. The average molecular weight is 198 g/mol. The molecule has 2 nitrogen and oxygen atoms in total. The van der Waals surface area contributed by atoms with Gasteiger partial charge in [0.1, 0.15) is 0 Å². The number of hydrogen-bond acceptors (Lipinski definition) is 2. The van der Waals surface area contributed by atoms with E-state index in [1.54, 1.807) is 12.5 Å². The molecule has 0 aromatic heterocycles. The van der Waals surface area contributed by atoms with Crippen molar-refractivity contribution in [2.45, 2.75) is 47.5 Å². The van der Waals surface area contributed by atoms with Crippen LogP contribution in [0.15, 0.2) is 11.6 Å². The van der Waals surface area contributed by atoms with Gasteiger partial charge in [0.2, 0.25) is 0 Å². The molecule has 1 aliphatic carbocycles. The van der Waals surface area contributed by atoms with Crippen LogP contribution in [-0.4, -0.2) is 12.6 Å². The van der Waals surface area contributed by atoms with E-state index in [0.29, 0.717) is 12.0 Å². The van der Waals surface area contributed by atoms with Crippen molar-refractivity contribution in [2.75, 3.05) is 6.61 Å². The van der Waals surface area contributed by atoms with Crippen molar-refractivity contribution in [1.29, 1.82) is 0 Å². The van der Waals surface area contributed by atoms with Gasteiger partial charge < -0.3 is 4.74 Å². The SMILES string of the molecule is CC1=CCCC1(C)C.CCOC(C)=O. The Morgan fingerprint density at radius 1 is 1.57 bits per heavy atom. The Morgan fingerprint density at radius 3 is 2.21 bits per heavy atom. The van der Waals surface area contributed by atoms with E-state index in [4.69, 9.17) is 0 Å². The molecule has 0 bridgehead atoms. The lowest BCUT2D eigenvalue weighted by molar-refractivity contribution is -0.140. The zero-order valence-corrected chi connectivity index (χ0v) is 10.0. The Bertz CT molecular complexity index is 214. The molecule has 0 aromatic carbocycles. The number of allylic oxidation sites excluding steroid dienone is 2. The van der Waals surface area contributed by atoms with Crippen LogP contribution in [0.1, 0.15) is 47.5 Å². The summed E-state index contributed by atoms with van der Waals surface area (Å²) in [6, 6.07) is 0. The summed E-state index contributed by atoms with van der Waals surface area (Å²) in [5.74, 6) is -0.211. The first kappa shape index (κ1) is 13.2. The molecule has 0 aromatic rings. The van der Waals surface area contributed by atoms with Crippen LogP contribution in [0.2, 0.25) is 0 Å². The first-order chi connectivity index (χ1) is 6.40. The Hall–Kier alpha value is -0.790. The van der Waals surface area contributed by atoms with Crippen LogP contribution in [0, 0.1) is 5.41 Å². The molecule has 0 saturated heterocycles. The third-order valence-corrected chi connectivity index (χ3v) is 2.63. The number of esters is 1. The van der Waals surface area contributed by atoms with Crippen molar-refractivity contribution in [1.82, 2.24) is 0 Å². The van der Waals surface area contributed by atoms with E-state index < -0.39 is 0 Å². The maximum atomic E-state index is 9.82. The molecule has 1 rings (SSSR count). The number of hydrogen-bond donors (Lipinski definition) is 0. The van der Waals surface area contributed by atoms with Crippen molar-refractivity contribution >= 4 is 5.97 Å². The van der Waals surface area contributed by atoms with Gasteiger partial charge in [0.05, 0.1) is 6.61 Å². The molecule has 0 atom stereocenters. The van der Waals surface area contributed by atoms with Gasteiger partial charge in [-0.05, 0) is 32.1 Å². The van der Waals surface area contributed by atoms with Crippen LogP contribution in [0.4, 0.5) is 0 Å². The summed E-state index contributed by atoms with van der Waals surface area (Å²) in [6.07, 6.45) is 4.98. The summed E-state index contributed by atoms with van der Waals surface area (Å²) in [6.45, 7) is 10.5. The maximum absolute atomic E-state index is 9.82. The van der Waals surface area contributed by atoms with E-state index in [9.17, 15) is 4.79 Å². The summed E-state index contributed by atoms with van der Waals surface area (Å²) in [5, 5.41) is 0. The Kier molecular flexibility index (Phi) is 5.51. The van der Waals surface area contributed by atoms with Crippen LogP contribution >= 0.6 is 0 Å². The van der Waals surface area contributed by atoms with Crippen LogP contribution < -0.4 is 0 Å². The predicted octanol–water partition coefficient (Wildman–Crippen LogP) is 3.32. The molecule has 1 aliphatic rings. The monoisotopic (exact) mass is 198 g/mol. The smallest absolute Gasteiger partial charge is 0.302 e. The predicted molar refractivity (Wildman–Crippen MR) is 59.1 cm³/mol. The third kappa shape index (κ3) is 5.05. The van der Waals surface area contributed by atoms with Crippen LogP contribution in [0.3, 0.4) is 0 Å². The lowest BCUT2D eigenvalue weighted by Gasteiger charge is -2.18. The molecule has 0 saturated carbocycles. The highest BCUT2D eigenvalue weighted by atomic mass is 16.5. The van der Waals surface area contributed by atoms with Gasteiger partial charge in [-0.1, -0.05) is 25.5 Å². The van der Waals surface area contributed by atoms with Crippen molar-refractivity contribution in [3.05, 3.63) is 11.6 Å². The van der Waals surface area contributed by atoms with Crippen LogP contribution in [-0.2, 0) is 9.53 Å². The Labute approximate surface area is 87.3 Å². The largest absolute Gasteiger partial charge is 0.466 e. The molecule has 82 valence electrons. The van der Waals surface area contributed by atoms with Gasteiger partial charge in [-0.25, -0.2) is 0 Å². The van der Waals surface area contributed by atoms with Crippen molar-refractivity contribution < 1.29 is 9.53 Å². The standard InChI is InChI=1S/C8H14.C4H8O2/c1-7-5-4-6-8(7,2)3;1-3-6-4(2)5/h5H,4,6H2,1-3H3;3H2,1-2H3. The molecule has 0 spiro atoms. The second-order valence-electron chi connectivity index (χ2n) is 4.23. The van der Waals surface area contributed by atoms with E-state index >= 15 is 0 Å². The van der Waals surface area contributed by atoms with Crippen molar-refractivity contribution in [3.63, 3.8) is 0 Å². The number of carbonyl (C=O) groups is 1. The Morgan fingerprint density at radius 2 is 2.14 bits per heavy atom. The Balaban J connectivity index is 0.000000255. The molecule has 14 heavy (non-hydrogen) atoms. The highest BCUT2D eigenvalue weighted by molar-refractivity contribution is 5.65. The highest BCUT2D eigenvalue weighted by Gasteiger charge is 2.22. The van der Waals surface area contributed by atoms with E-state index in [1.807, 2.05) is 0 Å². The van der Waals surface area contributed by atoms with Gasteiger partial charge in [-0.2, -0.15) is 0 Å². The third-order valence-electron chi connectivity index (χ3n) is 2.63. The van der Waals surface area contributed by atoms with E-state index in [-0.39, 0.29) is 5.97 Å². The highest BCUT2D eigenvalue weighted by Crippen LogP contribution is 2.36. The van der Waals surface area contributed by atoms with Crippen LogP contribution in [0.25, 0.3) is 0 Å². The van der Waals surface area contributed by atoms with Crippen LogP contribution in [0.5, 0.6) is 0 Å². The lowest BCUT2D eigenvalue weighted by Crippen LogP contribution is -2.06. The summed E-state index contributed by atoms with van der Waals surface area (Å²) in [7, 11) is 0. The number of ether oxygens (including phenoxy) is 1. The van der Waals surface area contributed by atoms with Gasteiger partial charge in [-0.3, -0.25) is 4.79 Å². The summed E-state index contributed by atoms with van der Waals surface area (Å²) >= 11 is 0. The number of rotatable bonds is 1. The molecular formula is C12H22O2. The molecule has 0 heterocycles. The second kappa shape index (κ2) is 5.84. The first-order valence-electron chi connectivity index (χ1n) is 5.20. The molecule has 0 amide bonds. The second-order valence-corrected chi connectivity index (χ2v) is 4.23. The minimum atomic E-state index is -0.211. The summed E-state index contributed by atoms with van der Waals surface area (Å²) in [5.41, 5.74) is 2.08. The van der Waals surface area contributed by atoms with Gasteiger partial charge in [0.25, 0.3) is 0 Å². The molecule has 0 fully saturated rings. The minimum absolute atomic E-state index is 0.211. The zero-order valence-electron chi connectivity index (χ0n) is 10.0. The summed E-state index contributed by atoms with van der Waals surface area (Å²) < 4.78 is 4.40. The zero-order chi connectivity index (χ0) is 11.2. The summed E-state index contributed by atoms with van der Waals surface area (Å²) in [4.78, 5) is 9.82. The molecular weight excluding hydrogens is 176 g/mol. The van der Waals surface area contributed by atoms with Crippen molar-refractivity contribution in [3.8, 4) is 0 Å². The minimum Gasteiger partial charge on any atom is -0.466 e. The van der Waals surface area contributed by atoms with Crippen molar-refractivity contribution in [2.24, 2.45) is 5.41 Å². The van der Waals surface area contributed by atoms with Gasteiger partial charge in [0.15, 0.2) is 0 Å². The molecule has 0 aliphatic heterocycles. The normalized spacial score (nSPS) is 17.9. The molecule has 0 N–H and O–H groups in total. The van der Waals surface area contributed by atoms with E-state index in [2.05, 4.69) is 31.6 Å². The van der Waals surface area contributed by atoms with E-state index in [0.717, 1.165) is 0 Å². The quantitative estimate of drug-likeness (QED) is 0.477. The lowest BCUT2D eigenvalue weighted by atomic mass is 9.87. The van der Waals surface area contributed by atoms with Gasteiger partial charge in [-0.15, -0.1) is 0 Å². The topological polar surface area (TPSA) is 26.3 Å². The molecule has 0 unspecified atom stereocenters. The maximum Gasteiger partial charge on any atom is 0.302 e. The van der Waals surface area contributed by atoms with Gasteiger partial charge in [0, 0.05) is 6.92 Å². The molecule has 2 heteroatoms. The fourth-order valence-electron chi connectivity index (χ4n) is 1.33. The average Bonchev–Trinajstić information content (AvgIpc) is 2.31. The van der Waals surface area contributed by atoms with Gasteiger partial charge >= 0.3 is 5.97 Å². The molecule has 0 radical (unpaired) electrons. The van der Waals surface area contributed by atoms with E-state index in [1.165, 1.54) is 19.8 Å². The first-order valence-corrected chi connectivity index (χ1v) is 5.20. The fourth-order valence-corrected chi connectivity index (χ4v) is 1.33. The fraction of sp³-hybridized carbons (Fsp3) is 0.750.